The molecule has 104 valence electrons. The van der Waals surface area contributed by atoms with Crippen molar-refractivity contribution in [3.05, 3.63) is 53.7 Å². The number of alkyl halides is 3. The van der Waals surface area contributed by atoms with Gasteiger partial charge in [-0.15, -0.1) is 0 Å². The van der Waals surface area contributed by atoms with Crippen LogP contribution in [-0.2, 0) is 17.4 Å². The van der Waals surface area contributed by atoms with Gasteiger partial charge in [0.1, 0.15) is 0 Å². The average molecular weight is 280 g/mol. The fraction of sp³-hybridized carbons (Fsp3) is 0.143. The highest BCUT2D eigenvalue weighted by molar-refractivity contribution is 5.77. The summed E-state index contributed by atoms with van der Waals surface area (Å²) in [4.78, 5) is 14.6. The van der Waals surface area contributed by atoms with E-state index in [1.54, 1.807) is 30.3 Å². The van der Waals surface area contributed by atoms with Crippen LogP contribution in [0.15, 0.2) is 42.6 Å². The van der Waals surface area contributed by atoms with Crippen LogP contribution in [0.4, 0.5) is 13.2 Å². The van der Waals surface area contributed by atoms with E-state index >= 15 is 0 Å². The van der Waals surface area contributed by atoms with E-state index in [9.17, 15) is 18.0 Å². The Balaban J connectivity index is 2.55. The largest absolute Gasteiger partial charge is 0.418 e. The van der Waals surface area contributed by atoms with Crippen LogP contribution in [0.2, 0.25) is 0 Å². The fourth-order valence-electron chi connectivity index (χ4n) is 1.85. The minimum Gasteiger partial charge on any atom is -0.369 e. The predicted octanol–water partition coefficient (Wildman–Crippen LogP) is 2.80. The SMILES string of the molecule is NC(=O)Cc1cnc(-c2ccccc2)c(C(F)(F)F)c1. The predicted molar refractivity (Wildman–Crippen MR) is 67.6 cm³/mol. The third kappa shape index (κ3) is 3.14. The number of pyridine rings is 1. The van der Waals surface area contributed by atoms with E-state index in [1.807, 2.05) is 0 Å². The van der Waals surface area contributed by atoms with E-state index in [4.69, 9.17) is 5.73 Å². The average Bonchev–Trinajstić information content (AvgIpc) is 2.38. The lowest BCUT2D eigenvalue weighted by Crippen LogP contribution is -2.15. The van der Waals surface area contributed by atoms with Crippen LogP contribution in [0.25, 0.3) is 11.3 Å². The number of carbonyl (C=O) groups is 1. The van der Waals surface area contributed by atoms with Gasteiger partial charge in [0.05, 0.1) is 17.7 Å². The third-order valence-corrected chi connectivity index (χ3v) is 2.68. The Kier molecular flexibility index (Phi) is 3.74. The standard InChI is InChI=1S/C14H11F3N2O/c15-14(16,17)11-6-9(7-12(18)20)8-19-13(11)10-4-2-1-3-5-10/h1-6,8H,7H2,(H2,18,20). The van der Waals surface area contributed by atoms with Crippen LogP contribution in [0, 0.1) is 0 Å². The van der Waals surface area contributed by atoms with E-state index in [1.165, 1.54) is 6.20 Å². The van der Waals surface area contributed by atoms with Gasteiger partial charge in [-0.25, -0.2) is 0 Å². The normalized spacial score (nSPS) is 11.3. The highest BCUT2D eigenvalue weighted by Gasteiger charge is 2.34. The van der Waals surface area contributed by atoms with Crippen LogP contribution in [0.5, 0.6) is 0 Å². The number of benzene rings is 1. The van der Waals surface area contributed by atoms with Crippen LogP contribution in [0.1, 0.15) is 11.1 Å². The van der Waals surface area contributed by atoms with E-state index in [0.717, 1.165) is 6.07 Å². The van der Waals surface area contributed by atoms with Gasteiger partial charge in [0.25, 0.3) is 0 Å². The minimum absolute atomic E-state index is 0.143. The Hall–Kier alpha value is -2.37. The molecule has 1 aromatic heterocycles. The Bertz CT molecular complexity index is 624. The summed E-state index contributed by atoms with van der Waals surface area (Å²) >= 11 is 0. The molecule has 0 spiro atoms. The number of nitrogens with zero attached hydrogens (tertiary/aromatic N) is 1. The van der Waals surface area contributed by atoms with Crippen molar-refractivity contribution >= 4 is 5.91 Å². The van der Waals surface area contributed by atoms with Crippen LogP contribution in [0.3, 0.4) is 0 Å². The molecular formula is C14H11F3N2O. The van der Waals surface area contributed by atoms with Crippen molar-refractivity contribution in [3.63, 3.8) is 0 Å². The van der Waals surface area contributed by atoms with Gasteiger partial charge < -0.3 is 5.73 Å². The molecule has 0 atom stereocenters. The van der Waals surface area contributed by atoms with Crippen LogP contribution < -0.4 is 5.73 Å². The van der Waals surface area contributed by atoms with E-state index in [2.05, 4.69) is 4.98 Å². The lowest BCUT2D eigenvalue weighted by molar-refractivity contribution is -0.137. The summed E-state index contributed by atoms with van der Waals surface area (Å²) in [6, 6.07) is 8.98. The van der Waals surface area contributed by atoms with Gasteiger partial charge in [-0.05, 0) is 11.6 Å². The van der Waals surface area contributed by atoms with Crippen LogP contribution in [-0.4, -0.2) is 10.9 Å². The summed E-state index contributed by atoms with van der Waals surface area (Å²) in [5.74, 6) is -0.701. The van der Waals surface area contributed by atoms with Gasteiger partial charge >= 0.3 is 6.18 Å². The topological polar surface area (TPSA) is 56.0 Å². The molecule has 1 heterocycles. The number of rotatable bonds is 3. The molecule has 2 rings (SSSR count). The molecule has 2 N–H and O–H groups in total. The molecule has 0 aliphatic heterocycles. The van der Waals surface area contributed by atoms with Crippen LogP contribution >= 0.6 is 0 Å². The monoisotopic (exact) mass is 280 g/mol. The van der Waals surface area contributed by atoms with Crippen molar-refractivity contribution in [2.75, 3.05) is 0 Å². The zero-order valence-corrected chi connectivity index (χ0v) is 10.3. The Morgan fingerprint density at radius 3 is 2.40 bits per heavy atom. The fourth-order valence-corrected chi connectivity index (χ4v) is 1.85. The summed E-state index contributed by atoms with van der Waals surface area (Å²) in [5.41, 5.74) is 4.46. The van der Waals surface area contributed by atoms with Gasteiger partial charge in [-0.3, -0.25) is 9.78 Å². The lowest BCUT2D eigenvalue weighted by Gasteiger charge is -2.13. The number of aromatic nitrogens is 1. The summed E-state index contributed by atoms with van der Waals surface area (Å²) in [7, 11) is 0. The molecule has 1 amide bonds. The number of primary amides is 1. The number of amides is 1. The molecule has 0 fully saturated rings. The van der Waals surface area contributed by atoms with E-state index in [0.29, 0.717) is 5.56 Å². The summed E-state index contributed by atoms with van der Waals surface area (Å²) in [6.45, 7) is 0. The van der Waals surface area contributed by atoms with Gasteiger partial charge in [0, 0.05) is 11.8 Å². The first-order chi connectivity index (χ1) is 9.38. The van der Waals surface area contributed by atoms with Crippen molar-refractivity contribution in [1.82, 2.24) is 4.98 Å². The molecule has 0 radical (unpaired) electrons. The molecule has 0 unspecified atom stereocenters. The first-order valence-corrected chi connectivity index (χ1v) is 5.78. The molecule has 0 saturated carbocycles. The maximum atomic E-state index is 13.1. The maximum Gasteiger partial charge on any atom is 0.418 e. The molecule has 2 aromatic rings. The van der Waals surface area contributed by atoms with Gasteiger partial charge in [-0.1, -0.05) is 30.3 Å². The molecule has 6 heteroatoms. The maximum absolute atomic E-state index is 13.1. The molecule has 20 heavy (non-hydrogen) atoms. The molecule has 0 aliphatic rings. The third-order valence-electron chi connectivity index (χ3n) is 2.68. The molecule has 0 bridgehead atoms. The summed E-state index contributed by atoms with van der Waals surface area (Å²) < 4.78 is 39.3. The Morgan fingerprint density at radius 2 is 1.85 bits per heavy atom. The second kappa shape index (κ2) is 5.32. The second-order valence-corrected chi connectivity index (χ2v) is 4.25. The van der Waals surface area contributed by atoms with Crippen molar-refractivity contribution in [2.24, 2.45) is 5.73 Å². The zero-order valence-electron chi connectivity index (χ0n) is 10.3. The van der Waals surface area contributed by atoms with Gasteiger partial charge in [0.15, 0.2) is 0 Å². The number of nitrogens with two attached hydrogens (primary N) is 1. The van der Waals surface area contributed by atoms with E-state index in [-0.39, 0.29) is 17.7 Å². The highest BCUT2D eigenvalue weighted by atomic mass is 19.4. The number of hydrogen-bond acceptors (Lipinski definition) is 2. The van der Waals surface area contributed by atoms with E-state index < -0.39 is 17.6 Å². The zero-order chi connectivity index (χ0) is 14.8. The number of hydrogen-bond donors (Lipinski definition) is 1. The molecule has 3 nitrogen and oxygen atoms in total. The Morgan fingerprint density at radius 1 is 1.20 bits per heavy atom. The number of carbonyl (C=O) groups excluding carboxylic acids is 1. The van der Waals surface area contributed by atoms with Gasteiger partial charge in [-0.2, -0.15) is 13.2 Å². The first-order valence-electron chi connectivity index (χ1n) is 5.78. The van der Waals surface area contributed by atoms with Crippen molar-refractivity contribution in [1.29, 1.82) is 0 Å². The first kappa shape index (κ1) is 14.0. The minimum atomic E-state index is -4.55. The quantitative estimate of drug-likeness (QED) is 0.939. The molecule has 1 aromatic carbocycles. The second-order valence-electron chi connectivity index (χ2n) is 4.25. The summed E-state index contributed by atoms with van der Waals surface area (Å²) in [6.07, 6.45) is -3.58. The molecule has 0 saturated heterocycles. The summed E-state index contributed by atoms with van der Waals surface area (Å²) in [5, 5.41) is 0. The molecular weight excluding hydrogens is 269 g/mol. The van der Waals surface area contributed by atoms with Crippen molar-refractivity contribution in [3.8, 4) is 11.3 Å². The lowest BCUT2D eigenvalue weighted by atomic mass is 10.0. The molecule has 0 aliphatic carbocycles. The Labute approximate surface area is 113 Å². The highest BCUT2D eigenvalue weighted by Crippen LogP contribution is 2.36. The van der Waals surface area contributed by atoms with Gasteiger partial charge in [0.2, 0.25) is 5.91 Å². The van der Waals surface area contributed by atoms with Crippen molar-refractivity contribution < 1.29 is 18.0 Å². The smallest absolute Gasteiger partial charge is 0.369 e. The van der Waals surface area contributed by atoms with Crippen molar-refractivity contribution in [2.45, 2.75) is 12.6 Å². The number of halogens is 3.